The molecule has 0 atom stereocenters. The molecule has 0 bridgehead atoms. The fraction of sp³-hybridized carbons (Fsp3) is 0.0400. The second-order valence-electron chi connectivity index (χ2n) is 6.91. The Balaban J connectivity index is 0.000000190. The quantitative estimate of drug-likeness (QED) is 0.140. The molecular weight excluding hydrogens is 652 g/mol. The van der Waals surface area contributed by atoms with E-state index in [1.807, 2.05) is 73.7 Å². The van der Waals surface area contributed by atoms with Crippen LogP contribution in [0, 0.1) is 47.0 Å². The normalized spacial score (nSPS) is 9.38. The molecule has 37 heavy (non-hydrogen) atoms. The third-order valence-corrected chi connectivity index (χ3v) is 7.48. The van der Waals surface area contributed by atoms with Gasteiger partial charge in [-0.05, 0) is 48.3 Å². The Bertz CT molecular complexity index is 1670. The monoisotopic (exact) mass is 665 g/mol. The predicted molar refractivity (Wildman–Crippen MR) is 144 cm³/mol. The maximum absolute atomic E-state index is 8.61. The molecular formula is C25H13N6S4VY-. The predicted octanol–water partition coefficient (Wildman–Crippen LogP) is 6.90. The van der Waals surface area contributed by atoms with Gasteiger partial charge in [-0.2, -0.15) is 45.3 Å². The maximum Gasteiger partial charge on any atom is 0.195 e. The van der Waals surface area contributed by atoms with Gasteiger partial charge in [-0.3, -0.25) is 4.98 Å². The van der Waals surface area contributed by atoms with Gasteiger partial charge in [0.1, 0.15) is 18.2 Å². The van der Waals surface area contributed by atoms with E-state index in [0.717, 1.165) is 35.5 Å². The van der Waals surface area contributed by atoms with Gasteiger partial charge in [0.25, 0.3) is 0 Å². The number of rotatable bonds is 0. The molecule has 176 valence electrons. The van der Waals surface area contributed by atoms with Crippen molar-refractivity contribution in [1.82, 2.24) is 15.0 Å². The van der Waals surface area contributed by atoms with Gasteiger partial charge in [0, 0.05) is 56.2 Å². The Morgan fingerprint density at radius 1 is 0.730 bits per heavy atom. The summed E-state index contributed by atoms with van der Waals surface area (Å²) in [6.45, 7) is 2.03. The van der Waals surface area contributed by atoms with Crippen LogP contribution in [-0.4, -0.2) is 15.0 Å². The first kappa shape index (κ1) is 31.1. The molecule has 3 aromatic carbocycles. The number of benzene rings is 3. The molecule has 0 aliphatic heterocycles. The molecule has 0 unspecified atom stereocenters. The molecule has 3 heterocycles. The Morgan fingerprint density at radius 2 is 1.22 bits per heavy atom. The minimum absolute atomic E-state index is 0. The zero-order chi connectivity index (χ0) is 24.8. The first-order valence-corrected chi connectivity index (χ1v) is 12.8. The van der Waals surface area contributed by atoms with Crippen molar-refractivity contribution >= 4 is 77.3 Å². The van der Waals surface area contributed by atoms with Crippen molar-refractivity contribution in [1.29, 1.82) is 15.8 Å². The smallest absolute Gasteiger partial charge is 0.195 e. The van der Waals surface area contributed by atoms with E-state index in [0.29, 0.717) is 15.0 Å². The second kappa shape index (κ2) is 14.7. The molecule has 0 spiro atoms. The van der Waals surface area contributed by atoms with Crippen LogP contribution in [0.5, 0.6) is 0 Å². The van der Waals surface area contributed by atoms with Crippen LogP contribution >= 0.6 is 46.6 Å². The molecule has 3 aromatic heterocycles. The van der Waals surface area contributed by atoms with E-state index >= 15 is 0 Å². The van der Waals surface area contributed by atoms with Crippen molar-refractivity contribution in [3.63, 3.8) is 0 Å². The number of nitrogens with zero attached hydrogens (tertiary/aromatic N) is 6. The van der Waals surface area contributed by atoms with E-state index in [4.69, 9.17) is 15.8 Å². The minimum atomic E-state index is 0. The zero-order valence-electron chi connectivity index (χ0n) is 19.1. The molecule has 0 saturated heterocycles. The molecule has 0 aliphatic carbocycles. The summed E-state index contributed by atoms with van der Waals surface area (Å²) in [6.07, 6.45) is 0. The molecule has 0 N–H and O–H groups in total. The Hall–Kier alpha value is -2.16. The van der Waals surface area contributed by atoms with E-state index in [2.05, 4.69) is 33.6 Å². The summed E-state index contributed by atoms with van der Waals surface area (Å²) in [5.41, 5.74) is 3.87. The first-order valence-electron chi connectivity index (χ1n) is 9.92. The van der Waals surface area contributed by atoms with Gasteiger partial charge in [-0.1, -0.05) is 10.8 Å². The van der Waals surface area contributed by atoms with Crippen LogP contribution in [0.3, 0.4) is 0 Å². The summed E-state index contributed by atoms with van der Waals surface area (Å²) in [6, 6.07) is 26.1. The van der Waals surface area contributed by atoms with E-state index in [9.17, 15) is 0 Å². The fourth-order valence-corrected chi connectivity index (χ4v) is 5.60. The number of thiol groups is 1. The molecule has 6 rings (SSSR count). The van der Waals surface area contributed by atoms with Crippen LogP contribution in [-0.2, 0) is 51.3 Å². The molecule has 0 aliphatic rings. The molecule has 0 saturated carbocycles. The van der Waals surface area contributed by atoms with Crippen LogP contribution < -0.4 is 0 Å². The number of nitriles is 3. The molecule has 6 nitrogen and oxygen atoms in total. The van der Waals surface area contributed by atoms with E-state index < -0.39 is 0 Å². The molecule has 0 fully saturated rings. The van der Waals surface area contributed by atoms with Crippen LogP contribution in [0.2, 0.25) is 0 Å². The van der Waals surface area contributed by atoms with Gasteiger partial charge < -0.3 is 0 Å². The second-order valence-corrected chi connectivity index (χ2v) is 10.5. The molecule has 0 amide bonds. The Labute approximate surface area is 267 Å². The molecule has 12 heteroatoms. The first-order chi connectivity index (χ1) is 17.0. The number of hydrogen-bond acceptors (Lipinski definition) is 10. The van der Waals surface area contributed by atoms with Gasteiger partial charge in [0.05, 0.1) is 20.4 Å². The Morgan fingerprint density at radius 3 is 1.76 bits per heavy atom. The van der Waals surface area contributed by atoms with Crippen LogP contribution in [0.4, 0.5) is 0 Å². The Kier molecular flexibility index (Phi) is 12.3. The SMILES string of the molecule is Cc1ccc2nc(C#N)sc2c1.N#Cc1nc2cc[c-]cc2s1.N#Cc1nc2ccc(S)cc2s1.[V].[Y]. The van der Waals surface area contributed by atoms with Gasteiger partial charge in [-0.25, -0.2) is 9.97 Å². The van der Waals surface area contributed by atoms with Crippen LogP contribution in [0.15, 0.2) is 59.5 Å². The molecule has 2 radical (unpaired) electrons. The summed E-state index contributed by atoms with van der Waals surface area (Å²) in [5.74, 6) is 0. The van der Waals surface area contributed by atoms with Crippen LogP contribution in [0.1, 0.15) is 20.6 Å². The third kappa shape index (κ3) is 8.16. The minimum Gasteiger partial charge on any atom is -0.254 e. The zero-order valence-corrected chi connectivity index (χ0v) is 26.7. The fourth-order valence-electron chi connectivity index (χ4n) is 2.91. The van der Waals surface area contributed by atoms with Gasteiger partial charge in [0.2, 0.25) is 0 Å². The number of hydrogen-bond donors (Lipinski definition) is 1. The summed E-state index contributed by atoms with van der Waals surface area (Å²) in [5, 5.41) is 27.3. The van der Waals surface area contributed by atoms with Crippen molar-refractivity contribution in [3.8, 4) is 18.2 Å². The van der Waals surface area contributed by atoms with E-state index in [-0.39, 0.29) is 51.3 Å². The largest absolute Gasteiger partial charge is 0.254 e. The average Bonchev–Trinajstić information content (AvgIpc) is 3.59. The number of thiazole rings is 3. The summed E-state index contributed by atoms with van der Waals surface area (Å²) in [4.78, 5) is 13.2. The number of fused-ring (bicyclic) bond motifs is 3. The number of aromatic nitrogens is 3. The maximum atomic E-state index is 8.61. The van der Waals surface area contributed by atoms with Crippen molar-refractivity contribution in [3.05, 3.63) is 81.2 Å². The van der Waals surface area contributed by atoms with Gasteiger partial charge >= 0.3 is 0 Å². The van der Waals surface area contributed by atoms with Crippen molar-refractivity contribution in [2.75, 3.05) is 0 Å². The van der Waals surface area contributed by atoms with E-state index in [1.54, 1.807) is 6.07 Å². The van der Waals surface area contributed by atoms with Crippen molar-refractivity contribution in [2.45, 2.75) is 11.8 Å². The summed E-state index contributed by atoms with van der Waals surface area (Å²) >= 11 is 8.42. The average molecular weight is 666 g/mol. The van der Waals surface area contributed by atoms with Crippen LogP contribution in [0.25, 0.3) is 30.6 Å². The third-order valence-electron chi connectivity index (χ3n) is 4.44. The van der Waals surface area contributed by atoms with Gasteiger partial charge in [0.15, 0.2) is 15.0 Å². The summed E-state index contributed by atoms with van der Waals surface area (Å²) in [7, 11) is 0. The standard InChI is InChI=1S/C9H6N2S.C8H4N2S2.C8H3N2S.V.Y/c1-6-2-3-7-8(4-6)12-9(5-10)11-7;9-4-8-10-6-2-1-5(11)3-7(6)12-8;9-5-8-10-6-3-1-2-4-7(6)11-8;;/h2-4H,1H3;1-3,11H;1,3-4H;;/q;;-1;;. The topological polar surface area (TPSA) is 110 Å². The van der Waals surface area contributed by atoms with Crippen molar-refractivity contribution < 1.29 is 51.3 Å². The number of aryl methyl sites for hydroxylation is 1. The molecule has 6 aromatic rings. The summed E-state index contributed by atoms with van der Waals surface area (Å²) < 4.78 is 3.12. The van der Waals surface area contributed by atoms with Gasteiger partial charge in [-0.15, -0.1) is 41.4 Å². The van der Waals surface area contributed by atoms with Crippen molar-refractivity contribution in [2.24, 2.45) is 0 Å². The van der Waals surface area contributed by atoms with E-state index in [1.165, 1.54) is 39.6 Å².